The average molecular weight is 397 g/mol. The lowest BCUT2D eigenvalue weighted by Crippen LogP contribution is -2.30. The summed E-state index contributed by atoms with van der Waals surface area (Å²) in [6.07, 6.45) is 2.40. The van der Waals surface area contributed by atoms with E-state index in [0.29, 0.717) is 31.0 Å². The number of aromatic nitrogens is 3. The van der Waals surface area contributed by atoms with Crippen LogP contribution in [0.3, 0.4) is 0 Å². The summed E-state index contributed by atoms with van der Waals surface area (Å²) >= 11 is 0. The average Bonchev–Trinajstić information content (AvgIpc) is 3.12. The number of nitrogens with zero attached hydrogens (tertiary/aromatic N) is 3. The first kappa shape index (κ1) is 20.1. The van der Waals surface area contributed by atoms with E-state index < -0.39 is 6.03 Å². The minimum atomic E-state index is -0.398. The molecule has 2 heterocycles. The maximum Gasteiger partial charge on any atom is 0.320 e. The zero-order valence-corrected chi connectivity index (χ0v) is 16.3. The molecule has 0 bridgehead atoms. The molecule has 2 aromatic heterocycles. The molecule has 3 rings (SSSR count). The topological polar surface area (TPSA) is 107 Å². The van der Waals surface area contributed by atoms with Crippen molar-refractivity contribution in [2.75, 3.05) is 25.6 Å². The van der Waals surface area contributed by atoms with Gasteiger partial charge in [0.05, 0.1) is 25.6 Å². The van der Waals surface area contributed by atoms with Gasteiger partial charge in [0.25, 0.3) is 0 Å². The fraction of sp³-hybridized carbons (Fsp3) is 0.300. The third-order valence-electron chi connectivity index (χ3n) is 4.08. The number of esters is 1. The molecule has 0 aliphatic rings. The Morgan fingerprint density at radius 1 is 1.21 bits per heavy atom. The van der Waals surface area contributed by atoms with Crippen LogP contribution >= 0.6 is 0 Å². The Balaban J connectivity index is 1.59. The maximum atomic E-state index is 12.0. The number of amides is 2. The number of nitrogens with one attached hydrogen (secondary N) is 2. The van der Waals surface area contributed by atoms with Crippen molar-refractivity contribution in [3.05, 3.63) is 42.6 Å². The number of anilines is 1. The van der Waals surface area contributed by atoms with E-state index in [-0.39, 0.29) is 12.4 Å². The first-order valence-electron chi connectivity index (χ1n) is 9.30. The van der Waals surface area contributed by atoms with E-state index in [4.69, 9.17) is 9.47 Å². The summed E-state index contributed by atoms with van der Waals surface area (Å²) in [6, 6.07) is 10.9. The van der Waals surface area contributed by atoms with E-state index in [1.165, 1.54) is 0 Å². The quantitative estimate of drug-likeness (QED) is 0.447. The van der Waals surface area contributed by atoms with Crippen molar-refractivity contribution >= 4 is 23.5 Å². The molecule has 29 heavy (non-hydrogen) atoms. The highest BCUT2D eigenvalue weighted by atomic mass is 16.5. The number of ether oxygens (including phenoxy) is 2. The van der Waals surface area contributed by atoms with Crippen molar-refractivity contribution in [2.45, 2.75) is 19.8 Å². The van der Waals surface area contributed by atoms with E-state index in [0.717, 1.165) is 17.0 Å². The largest absolute Gasteiger partial charge is 0.497 e. The first-order chi connectivity index (χ1) is 14.1. The number of methoxy groups -OCH3 is 1. The standard InChI is InChI=1S/C20H23N5O4/c1-3-29-19(26)8-5-11-21-20(27)23-17-13-25-18(22-17)10-9-16(24-25)14-6-4-7-15(12-14)28-2/h4,6-7,9-10,12-13H,3,5,8,11H2,1-2H3,(H2,21,23,27). The summed E-state index contributed by atoms with van der Waals surface area (Å²) in [7, 11) is 1.62. The predicted molar refractivity (Wildman–Crippen MR) is 108 cm³/mol. The molecule has 2 amide bonds. The minimum Gasteiger partial charge on any atom is -0.497 e. The number of urea groups is 1. The second kappa shape index (κ2) is 9.54. The minimum absolute atomic E-state index is 0.263. The van der Waals surface area contributed by atoms with Crippen LogP contribution in [0.1, 0.15) is 19.8 Å². The van der Waals surface area contributed by atoms with Crippen LogP contribution in [0.5, 0.6) is 5.75 Å². The lowest BCUT2D eigenvalue weighted by molar-refractivity contribution is -0.143. The Kier molecular flexibility index (Phi) is 6.62. The van der Waals surface area contributed by atoms with Gasteiger partial charge in [0.2, 0.25) is 0 Å². The number of hydrogen-bond acceptors (Lipinski definition) is 6. The van der Waals surface area contributed by atoms with Crippen LogP contribution < -0.4 is 15.4 Å². The summed E-state index contributed by atoms with van der Waals surface area (Å²) in [6.45, 7) is 2.47. The van der Waals surface area contributed by atoms with Crippen molar-refractivity contribution in [2.24, 2.45) is 0 Å². The number of benzene rings is 1. The number of carbonyl (C=O) groups excluding carboxylic acids is 2. The highest BCUT2D eigenvalue weighted by Crippen LogP contribution is 2.22. The zero-order valence-electron chi connectivity index (χ0n) is 16.3. The molecule has 0 radical (unpaired) electrons. The maximum absolute atomic E-state index is 12.0. The Morgan fingerprint density at radius 3 is 2.86 bits per heavy atom. The van der Waals surface area contributed by atoms with Crippen LogP contribution in [0.4, 0.5) is 10.6 Å². The third kappa shape index (κ3) is 5.44. The van der Waals surface area contributed by atoms with Crippen molar-refractivity contribution in [1.29, 1.82) is 0 Å². The molecular weight excluding hydrogens is 374 g/mol. The Morgan fingerprint density at radius 2 is 2.07 bits per heavy atom. The number of hydrogen-bond donors (Lipinski definition) is 2. The molecule has 0 atom stereocenters. The van der Waals surface area contributed by atoms with Gasteiger partial charge in [0.1, 0.15) is 5.75 Å². The fourth-order valence-corrected chi connectivity index (χ4v) is 2.71. The molecule has 0 spiro atoms. The monoisotopic (exact) mass is 397 g/mol. The van der Waals surface area contributed by atoms with Crippen molar-refractivity contribution in [3.8, 4) is 17.0 Å². The molecule has 0 saturated heterocycles. The molecular formula is C20H23N5O4. The smallest absolute Gasteiger partial charge is 0.320 e. The lowest BCUT2D eigenvalue weighted by atomic mass is 10.1. The van der Waals surface area contributed by atoms with E-state index in [9.17, 15) is 9.59 Å². The molecule has 9 heteroatoms. The number of fused-ring (bicyclic) bond motifs is 1. The summed E-state index contributed by atoms with van der Waals surface area (Å²) in [5, 5.41) is 9.88. The van der Waals surface area contributed by atoms with Gasteiger partial charge in [-0.25, -0.2) is 14.3 Å². The zero-order chi connectivity index (χ0) is 20.6. The van der Waals surface area contributed by atoms with Gasteiger partial charge in [-0.2, -0.15) is 5.10 Å². The Labute approximate surface area is 168 Å². The summed E-state index contributed by atoms with van der Waals surface area (Å²) in [4.78, 5) is 27.6. The lowest BCUT2D eigenvalue weighted by Gasteiger charge is -2.05. The van der Waals surface area contributed by atoms with Crippen LogP contribution in [0.15, 0.2) is 42.6 Å². The normalized spacial score (nSPS) is 10.6. The number of imidazole rings is 1. The highest BCUT2D eigenvalue weighted by molar-refractivity contribution is 5.88. The van der Waals surface area contributed by atoms with Gasteiger partial charge < -0.3 is 14.8 Å². The molecule has 0 fully saturated rings. The van der Waals surface area contributed by atoms with Gasteiger partial charge in [-0.05, 0) is 37.6 Å². The predicted octanol–water partition coefficient (Wildman–Crippen LogP) is 2.87. The molecule has 1 aromatic carbocycles. The summed E-state index contributed by atoms with van der Waals surface area (Å²) in [5.74, 6) is 0.855. The highest BCUT2D eigenvalue weighted by Gasteiger charge is 2.09. The van der Waals surface area contributed by atoms with Crippen molar-refractivity contribution < 1.29 is 19.1 Å². The second-order valence-electron chi connectivity index (χ2n) is 6.17. The van der Waals surface area contributed by atoms with Crippen LogP contribution in [-0.2, 0) is 9.53 Å². The molecule has 0 aliphatic heterocycles. The van der Waals surface area contributed by atoms with Gasteiger partial charge >= 0.3 is 12.0 Å². The van der Waals surface area contributed by atoms with E-state index in [1.54, 1.807) is 24.7 Å². The van der Waals surface area contributed by atoms with Crippen LogP contribution in [-0.4, -0.2) is 46.9 Å². The number of carbonyl (C=O) groups is 2. The van der Waals surface area contributed by atoms with E-state index in [2.05, 4.69) is 20.7 Å². The molecule has 0 aliphatic carbocycles. The van der Waals surface area contributed by atoms with Crippen molar-refractivity contribution in [3.63, 3.8) is 0 Å². The van der Waals surface area contributed by atoms with Crippen LogP contribution in [0.2, 0.25) is 0 Å². The first-order valence-corrected chi connectivity index (χ1v) is 9.30. The van der Waals surface area contributed by atoms with Gasteiger partial charge in [0, 0.05) is 18.5 Å². The number of rotatable bonds is 8. The molecule has 9 nitrogen and oxygen atoms in total. The molecule has 0 saturated carbocycles. The third-order valence-corrected chi connectivity index (χ3v) is 4.08. The van der Waals surface area contributed by atoms with Crippen LogP contribution in [0.25, 0.3) is 16.9 Å². The molecule has 3 aromatic rings. The van der Waals surface area contributed by atoms with E-state index in [1.807, 2.05) is 36.4 Å². The second-order valence-corrected chi connectivity index (χ2v) is 6.17. The van der Waals surface area contributed by atoms with Gasteiger partial charge in [-0.1, -0.05) is 12.1 Å². The fourth-order valence-electron chi connectivity index (χ4n) is 2.71. The molecule has 152 valence electrons. The van der Waals surface area contributed by atoms with Crippen LogP contribution in [0, 0.1) is 0 Å². The summed E-state index contributed by atoms with van der Waals surface area (Å²) in [5.41, 5.74) is 2.27. The van der Waals surface area contributed by atoms with Crippen molar-refractivity contribution in [1.82, 2.24) is 19.9 Å². The van der Waals surface area contributed by atoms with E-state index >= 15 is 0 Å². The molecule has 0 unspecified atom stereocenters. The molecule has 2 N–H and O–H groups in total. The van der Waals surface area contributed by atoms with Gasteiger partial charge in [-0.15, -0.1) is 0 Å². The van der Waals surface area contributed by atoms with Gasteiger partial charge in [0.15, 0.2) is 11.5 Å². The summed E-state index contributed by atoms with van der Waals surface area (Å²) < 4.78 is 11.7. The van der Waals surface area contributed by atoms with Gasteiger partial charge in [-0.3, -0.25) is 10.1 Å². The Bertz CT molecular complexity index is 1000. The Hall–Kier alpha value is -3.62. The SMILES string of the molecule is CCOC(=O)CCCNC(=O)Nc1cn2nc(-c3cccc(OC)c3)ccc2n1.